The van der Waals surface area contributed by atoms with E-state index in [0.29, 0.717) is 18.4 Å². The van der Waals surface area contributed by atoms with Gasteiger partial charge in [-0.1, -0.05) is 6.92 Å². The lowest BCUT2D eigenvalue weighted by Crippen LogP contribution is -2.53. The molecule has 2 aliphatic heterocycles. The van der Waals surface area contributed by atoms with Gasteiger partial charge < -0.3 is 15.3 Å². The first kappa shape index (κ1) is 14.8. The Hall–Kier alpha value is -0.650. The Balaban J connectivity index is 1.81. The van der Waals surface area contributed by atoms with E-state index in [9.17, 15) is 9.90 Å². The number of amides is 1. The van der Waals surface area contributed by atoms with Crippen LogP contribution in [0.25, 0.3) is 0 Å². The Morgan fingerprint density at radius 3 is 2.37 bits per heavy atom. The minimum atomic E-state index is -0.657. The van der Waals surface area contributed by atoms with Crippen molar-refractivity contribution in [3.05, 3.63) is 0 Å². The van der Waals surface area contributed by atoms with E-state index < -0.39 is 5.60 Å². The van der Waals surface area contributed by atoms with Gasteiger partial charge in [0.05, 0.1) is 11.5 Å². The summed E-state index contributed by atoms with van der Waals surface area (Å²) in [6, 6.07) is 0. The molecule has 2 rings (SSSR count). The van der Waals surface area contributed by atoms with E-state index in [1.807, 2.05) is 18.7 Å². The van der Waals surface area contributed by atoms with Gasteiger partial charge >= 0.3 is 0 Å². The lowest BCUT2D eigenvalue weighted by atomic mass is 9.96. The number of aliphatic hydroxyl groups is 1. The summed E-state index contributed by atoms with van der Waals surface area (Å²) in [5, 5.41) is 13.1. The first-order valence-electron chi connectivity index (χ1n) is 7.31. The fourth-order valence-corrected chi connectivity index (χ4v) is 3.05. The molecule has 0 aromatic carbocycles. The zero-order valence-corrected chi connectivity index (χ0v) is 12.4. The van der Waals surface area contributed by atoms with Crippen molar-refractivity contribution in [2.24, 2.45) is 11.8 Å². The largest absolute Gasteiger partial charge is 0.389 e. The Morgan fingerprint density at radius 1 is 1.26 bits per heavy atom. The molecule has 2 fully saturated rings. The van der Waals surface area contributed by atoms with E-state index in [-0.39, 0.29) is 5.92 Å². The van der Waals surface area contributed by atoms with Crippen LogP contribution < -0.4 is 5.32 Å². The lowest BCUT2D eigenvalue weighted by molar-refractivity contribution is -0.138. The van der Waals surface area contributed by atoms with E-state index >= 15 is 0 Å². The summed E-state index contributed by atoms with van der Waals surface area (Å²) < 4.78 is 0. The molecule has 0 spiro atoms. The molecule has 2 saturated heterocycles. The number of carbonyl (C=O) groups excluding carboxylic acids is 1. The smallest absolute Gasteiger partial charge is 0.227 e. The fraction of sp³-hybridized carbons (Fsp3) is 0.929. The molecule has 110 valence electrons. The van der Waals surface area contributed by atoms with Gasteiger partial charge in [-0.25, -0.2) is 0 Å². The van der Waals surface area contributed by atoms with Crippen molar-refractivity contribution in [1.82, 2.24) is 15.1 Å². The molecular weight excluding hydrogens is 242 g/mol. The van der Waals surface area contributed by atoms with Crippen LogP contribution in [0.5, 0.6) is 0 Å². The number of nitrogens with one attached hydrogen (secondary N) is 1. The average Bonchev–Trinajstić information content (AvgIpc) is 2.73. The van der Waals surface area contributed by atoms with Crippen LogP contribution in [-0.2, 0) is 4.79 Å². The van der Waals surface area contributed by atoms with E-state index in [2.05, 4.69) is 17.1 Å². The molecule has 0 aromatic heterocycles. The topological polar surface area (TPSA) is 55.8 Å². The van der Waals surface area contributed by atoms with Crippen molar-refractivity contribution in [1.29, 1.82) is 0 Å². The highest BCUT2D eigenvalue weighted by molar-refractivity contribution is 5.79. The maximum Gasteiger partial charge on any atom is 0.227 e. The second kappa shape index (κ2) is 5.77. The van der Waals surface area contributed by atoms with Crippen molar-refractivity contribution in [2.75, 3.05) is 45.8 Å². The van der Waals surface area contributed by atoms with E-state index in [4.69, 9.17) is 0 Å². The molecule has 0 aliphatic carbocycles. The number of hydrogen-bond donors (Lipinski definition) is 2. The summed E-state index contributed by atoms with van der Waals surface area (Å²) in [4.78, 5) is 16.7. The van der Waals surface area contributed by atoms with Crippen LogP contribution in [0.1, 0.15) is 20.8 Å². The summed E-state index contributed by atoms with van der Waals surface area (Å²) in [6.07, 6.45) is 0. The number of hydrogen-bond acceptors (Lipinski definition) is 4. The molecule has 0 radical (unpaired) electrons. The quantitative estimate of drug-likeness (QED) is 0.742. The van der Waals surface area contributed by atoms with Gasteiger partial charge in [-0.3, -0.25) is 9.69 Å². The van der Waals surface area contributed by atoms with Crippen LogP contribution in [0.15, 0.2) is 0 Å². The Morgan fingerprint density at radius 2 is 1.89 bits per heavy atom. The molecule has 5 nitrogen and oxygen atoms in total. The molecule has 0 unspecified atom stereocenters. The van der Waals surface area contributed by atoms with Crippen LogP contribution in [0.3, 0.4) is 0 Å². The number of piperazine rings is 1. The highest BCUT2D eigenvalue weighted by Gasteiger charge is 2.34. The summed E-state index contributed by atoms with van der Waals surface area (Å²) in [5.41, 5.74) is -0.657. The second-order valence-electron chi connectivity index (χ2n) is 6.66. The molecule has 5 heteroatoms. The molecule has 2 aliphatic rings. The molecule has 1 amide bonds. The van der Waals surface area contributed by atoms with Crippen molar-refractivity contribution in [2.45, 2.75) is 26.4 Å². The standard InChI is InChI=1S/C14H27N3O2/c1-11-8-15-9-12(11)13(18)17-6-4-16(5-7-17)10-14(2,3)19/h11-12,15,19H,4-10H2,1-3H3/t11-,12-/m1/s1. The Bertz CT molecular complexity index is 319. The number of rotatable bonds is 3. The molecule has 0 bridgehead atoms. The van der Waals surface area contributed by atoms with Crippen molar-refractivity contribution >= 4 is 5.91 Å². The summed E-state index contributed by atoms with van der Waals surface area (Å²) in [5.74, 6) is 0.906. The van der Waals surface area contributed by atoms with Gasteiger partial charge in [-0.2, -0.15) is 0 Å². The Labute approximate surface area is 115 Å². The first-order valence-corrected chi connectivity index (χ1v) is 7.31. The van der Waals surface area contributed by atoms with Gasteiger partial charge in [0.2, 0.25) is 5.91 Å². The molecular formula is C14H27N3O2. The second-order valence-corrected chi connectivity index (χ2v) is 6.66. The zero-order chi connectivity index (χ0) is 14.0. The predicted molar refractivity (Wildman–Crippen MR) is 74.8 cm³/mol. The van der Waals surface area contributed by atoms with Gasteiger partial charge in [-0.05, 0) is 26.3 Å². The van der Waals surface area contributed by atoms with Gasteiger partial charge in [0.15, 0.2) is 0 Å². The minimum Gasteiger partial charge on any atom is -0.389 e. The normalized spacial score (nSPS) is 29.8. The third-order valence-electron chi connectivity index (χ3n) is 4.13. The van der Waals surface area contributed by atoms with Crippen molar-refractivity contribution in [3.63, 3.8) is 0 Å². The number of carbonyl (C=O) groups is 1. The number of nitrogens with zero attached hydrogens (tertiary/aromatic N) is 2. The summed E-state index contributed by atoms with van der Waals surface area (Å²) in [7, 11) is 0. The average molecular weight is 269 g/mol. The van der Waals surface area contributed by atoms with Crippen molar-refractivity contribution in [3.8, 4) is 0 Å². The van der Waals surface area contributed by atoms with Crippen LogP contribution in [-0.4, -0.2) is 72.2 Å². The molecule has 2 atom stereocenters. The third-order valence-corrected chi connectivity index (χ3v) is 4.13. The van der Waals surface area contributed by atoms with E-state index in [1.54, 1.807) is 0 Å². The summed E-state index contributed by atoms with van der Waals surface area (Å²) in [6.45, 7) is 11.6. The van der Waals surface area contributed by atoms with Gasteiger partial charge in [-0.15, -0.1) is 0 Å². The molecule has 2 heterocycles. The maximum atomic E-state index is 12.4. The van der Waals surface area contributed by atoms with Crippen LogP contribution in [0.2, 0.25) is 0 Å². The van der Waals surface area contributed by atoms with Gasteiger partial charge in [0.25, 0.3) is 0 Å². The fourth-order valence-electron chi connectivity index (χ4n) is 3.05. The SMILES string of the molecule is C[C@@H]1CNC[C@H]1C(=O)N1CCN(CC(C)(C)O)CC1. The first-order chi connectivity index (χ1) is 8.87. The maximum absolute atomic E-state index is 12.4. The van der Waals surface area contributed by atoms with Gasteiger partial charge in [0, 0.05) is 39.3 Å². The molecule has 0 saturated carbocycles. The Kier molecular flexibility index (Phi) is 4.48. The van der Waals surface area contributed by atoms with Crippen LogP contribution in [0.4, 0.5) is 0 Å². The minimum absolute atomic E-state index is 0.154. The van der Waals surface area contributed by atoms with Crippen LogP contribution >= 0.6 is 0 Å². The van der Waals surface area contributed by atoms with E-state index in [1.165, 1.54) is 0 Å². The third kappa shape index (κ3) is 3.91. The predicted octanol–water partition coefficient (Wildman–Crippen LogP) is -0.243. The van der Waals surface area contributed by atoms with Crippen LogP contribution in [0, 0.1) is 11.8 Å². The highest BCUT2D eigenvalue weighted by atomic mass is 16.3. The zero-order valence-electron chi connectivity index (χ0n) is 12.4. The van der Waals surface area contributed by atoms with Gasteiger partial charge in [0.1, 0.15) is 0 Å². The highest BCUT2D eigenvalue weighted by Crippen LogP contribution is 2.19. The summed E-state index contributed by atoms with van der Waals surface area (Å²) >= 11 is 0. The number of β-amino-alcohol motifs (C(OH)–C–C–N with tert-alkyl or cyclic N) is 1. The molecule has 2 N–H and O–H groups in total. The molecule has 0 aromatic rings. The molecule has 19 heavy (non-hydrogen) atoms. The van der Waals surface area contributed by atoms with E-state index in [0.717, 1.165) is 39.3 Å². The lowest BCUT2D eigenvalue weighted by Gasteiger charge is -2.38. The van der Waals surface area contributed by atoms with Crippen molar-refractivity contribution < 1.29 is 9.90 Å². The monoisotopic (exact) mass is 269 g/mol.